The maximum absolute atomic E-state index is 11.1. The normalized spacial score (nSPS) is 10.7. The molecule has 0 aromatic rings. The van der Waals surface area contributed by atoms with Crippen LogP contribution in [-0.2, 0) is 19.2 Å². The second kappa shape index (κ2) is 11.2. The number of amides is 2. The van der Waals surface area contributed by atoms with Crippen molar-refractivity contribution < 1.29 is 29.4 Å². The molecule has 5 N–H and O–H groups in total. The third kappa shape index (κ3) is 13.6. The molecule has 0 aromatic heterocycles. The highest BCUT2D eigenvalue weighted by atomic mass is 16.4. The van der Waals surface area contributed by atoms with Crippen molar-refractivity contribution in [2.24, 2.45) is 0 Å². The SMILES string of the molecule is O=C(O)/C=C\C(=O)NCCNCCNC(=O)/C=C\C(=O)O. The van der Waals surface area contributed by atoms with Gasteiger partial charge in [-0.1, -0.05) is 0 Å². The summed E-state index contributed by atoms with van der Waals surface area (Å²) >= 11 is 0. The van der Waals surface area contributed by atoms with Gasteiger partial charge in [0, 0.05) is 50.5 Å². The molecule has 0 saturated heterocycles. The molecule has 0 spiro atoms. The minimum Gasteiger partial charge on any atom is -0.478 e. The third-order valence-corrected chi connectivity index (χ3v) is 1.96. The Kier molecular flexibility index (Phi) is 9.75. The fourth-order valence-electron chi connectivity index (χ4n) is 1.08. The van der Waals surface area contributed by atoms with Crippen LogP contribution >= 0.6 is 0 Å². The van der Waals surface area contributed by atoms with Gasteiger partial charge in [-0.2, -0.15) is 0 Å². The van der Waals surface area contributed by atoms with Gasteiger partial charge in [0.1, 0.15) is 0 Å². The zero-order chi connectivity index (χ0) is 16.1. The van der Waals surface area contributed by atoms with Crippen molar-refractivity contribution in [3.8, 4) is 0 Å². The van der Waals surface area contributed by atoms with Gasteiger partial charge in [-0.05, 0) is 0 Å². The van der Waals surface area contributed by atoms with Gasteiger partial charge in [0.15, 0.2) is 0 Å². The van der Waals surface area contributed by atoms with Crippen molar-refractivity contribution in [2.75, 3.05) is 26.2 Å². The maximum Gasteiger partial charge on any atom is 0.328 e. The van der Waals surface area contributed by atoms with Crippen molar-refractivity contribution in [2.45, 2.75) is 0 Å². The van der Waals surface area contributed by atoms with Gasteiger partial charge in [-0.15, -0.1) is 0 Å². The van der Waals surface area contributed by atoms with Gasteiger partial charge >= 0.3 is 11.9 Å². The monoisotopic (exact) mass is 299 g/mol. The Morgan fingerprint density at radius 1 is 0.667 bits per heavy atom. The van der Waals surface area contributed by atoms with Gasteiger partial charge < -0.3 is 26.2 Å². The number of hydrogen-bond donors (Lipinski definition) is 5. The first-order chi connectivity index (χ1) is 9.91. The van der Waals surface area contributed by atoms with Crippen molar-refractivity contribution in [1.82, 2.24) is 16.0 Å². The summed E-state index contributed by atoms with van der Waals surface area (Å²) in [5.74, 6) is -3.41. The predicted molar refractivity (Wildman–Crippen MR) is 72.4 cm³/mol. The first-order valence-electron chi connectivity index (χ1n) is 6.00. The summed E-state index contributed by atoms with van der Waals surface area (Å²) in [6.45, 7) is 1.48. The van der Waals surface area contributed by atoms with E-state index in [1.165, 1.54) is 0 Å². The molecule has 0 aromatic carbocycles. The standard InChI is InChI=1S/C12H17N3O6/c16-9(1-3-11(18)19)14-7-5-13-6-8-15-10(17)2-4-12(20)21/h1-4,13H,5-8H2,(H,14,16)(H,15,17)(H,18,19)(H,20,21)/b3-1-,4-2-. The third-order valence-electron chi connectivity index (χ3n) is 1.96. The number of nitrogens with one attached hydrogen (secondary N) is 3. The van der Waals surface area contributed by atoms with Crippen LogP contribution in [0, 0.1) is 0 Å². The number of rotatable bonds is 10. The number of carbonyl (C=O) groups excluding carboxylic acids is 2. The molecule has 9 nitrogen and oxygen atoms in total. The van der Waals surface area contributed by atoms with Gasteiger partial charge in [0.25, 0.3) is 0 Å². The van der Waals surface area contributed by atoms with Gasteiger partial charge in [-0.3, -0.25) is 9.59 Å². The average molecular weight is 299 g/mol. The molecule has 0 heterocycles. The second-order valence-electron chi connectivity index (χ2n) is 3.68. The van der Waals surface area contributed by atoms with E-state index < -0.39 is 23.8 Å². The Balaban J connectivity index is 3.52. The molecule has 0 unspecified atom stereocenters. The van der Waals surface area contributed by atoms with Crippen molar-refractivity contribution >= 4 is 23.8 Å². The highest BCUT2D eigenvalue weighted by molar-refractivity contribution is 5.94. The summed E-state index contributed by atoms with van der Waals surface area (Å²) in [5.41, 5.74) is 0. The molecule has 21 heavy (non-hydrogen) atoms. The van der Waals surface area contributed by atoms with Crippen LogP contribution < -0.4 is 16.0 Å². The topological polar surface area (TPSA) is 145 Å². The zero-order valence-electron chi connectivity index (χ0n) is 11.2. The van der Waals surface area contributed by atoms with Crippen LogP contribution in [0.3, 0.4) is 0 Å². The molecular formula is C12H17N3O6. The number of carboxylic acid groups (broad SMARTS) is 2. The number of carbonyl (C=O) groups is 4. The average Bonchev–Trinajstić information content (AvgIpc) is 2.41. The highest BCUT2D eigenvalue weighted by Gasteiger charge is 1.97. The van der Waals surface area contributed by atoms with Gasteiger partial charge in [0.2, 0.25) is 11.8 Å². The van der Waals surface area contributed by atoms with Crippen LogP contribution in [-0.4, -0.2) is 60.1 Å². The predicted octanol–water partition coefficient (Wildman–Crippen LogP) is -1.91. The Labute approximate surface area is 120 Å². The lowest BCUT2D eigenvalue weighted by Gasteiger charge is -2.05. The van der Waals surface area contributed by atoms with E-state index in [-0.39, 0.29) is 0 Å². The summed E-state index contributed by atoms with van der Waals surface area (Å²) in [6, 6.07) is 0. The van der Waals surface area contributed by atoms with E-state index in [0.29, 0.717) is 26.2 Å². The molecule has 0 bridgehead atoms. The first-order valence-corrected chi connectivity index (χ1v) is 6.00. The zero-order valence-corrected chi connectivity index (χ0v) is 11.2. The fourth-order valence-corrected chi connectivity index (χ4v) is 1.08. The summed E-state index contributed by atoms with van der Waals surface area (Å²) in [6.07, 6.45) is 3.31. The summed E-state index contributed by atoms with van der Waals surface area (Å²) in [4.78, 5) is 42.4. The van der Waals surface area contributed by atoms with Gasteiger partial charge in [0.05, 0.1) is 0 Å². The minimum absolute atomic E-state index is 0.301. The molecule has 9 heteroatoms. The smallest absolute Gasteiger partial charge is 0.328 e. The quantitative estimate of drug-likeness (QED) is 0.234. The van der Waals surface area contributed by atoms with E-state index in [4.69, 9.17) is 10.2 Å². The Bertz CT molecular complexity index is 404. The molecule has 0 aliphatic rings. The fraction of sp³-hybridized carbons (Fsp3) is 0.333. The number of carboxylic acids is 2. The molecule has 0 fully saturated rings. The second-order valence-corrected chi connectivity index (χ2v) is 3.68. The number of hydrogen-bond acceptors (Lipinski definition) is 5. The van der Waals surface area contributed by atoms with E-state index >= 15 is 0 Å². The Morgan fingerprint density at radius 3 is 1.38 bits per heavy atom. The lowest BCUT2D eigenvalue weighted by Crippen LogP contribution is -2.35. The minimum atomic E-state index is -1.20. The van der Waals surface area contributed by atoms with Crippen molar-refractivity contribution in [1.29, 1.82) is 0 Å². The van der Waals surface area contributed by atoms with Crippen molar-refractivity contribution in [3.63, 3.8) is 0 Å². The molecule has 0 aliphatic heterocycles. The summed E-state index contributed by atoms with van der Waals surface area (Å²) in [7, 11) is 0. The summed E-state index contributed by atoms with van der Waals surface area (Å²) < 4.78 is 0. The maximum atomic E-state index is 11.1. The van der Waals surface area contributed by atoms with E-state index in [2.05, 4.69) is 16.0 Å². The van der Waals surface area contributed by atoms with E-state index in [1.54, 1.807) is 0 Å². The molecule has 116 valence electrons. The van der Waals surface area contributed by atoms with Gasteiger partial charge in [-0.25, -0.2) is 9.59 Å². The van der Waals surface area contributed by atoms with Crippen LogP contribution in [0.15, 0.2) is 24.3 Å². The largest absolute Gasteiger partial charge is 0.478 e. The van der Waals surface area contributed by atoms with Crippen molar-refractivity contribution in [3.05, 3.63) is 24.3 Å². The lowest BCUT2D eigenvalue weighted by atomic mass is 10.4. The lowest BCUT2D eigenvalue weighted by molar-refractivity contribution is -0.132. The van der Waals surface area contributed by atoms with Crippen LogP contribution in [0.2, 0.25) is 0 Å². The summed E-state index contributed by atoms with van der Waals surface area (Å²) in [5, 5.41) is 24.4. The number of aliphatic carboxylic acids is 2. The van der Waals surface area contributed by atoms with E-state index in [1.807, 2.05) is 0 Å². The first kappa shape index (κ1) is 18.3. The van der Waals surface area contributed by atoms with Crippen LogP contribution in [0.5, 0.6) is 0 Å². The van der Waals surface area contributed by atoms with Crippen LogP contribution in [0.25, 0.3) is 0 Å². The highest BCUT2D eigenvalue weighted by Crippen LogP contribution is 1.75. The molecule has 0 aliphatic carbocycles. The Hall–Kier alpha value is -2.68. The molecule has 0 radical (unpaired) electrons. The van der Waals surface area contributed by atoms with Crippen LogP contribution in [0.1, 0.15) is 0 Å². The van der Waals surface area contributed by atoms with Crippen LogP contribution in [0.4, 0.5) is 0 Å². The van der Waals surface area contributed by atoms with E-state index in [9.17, 15) is 19.2 Å². The molecular weight excluding hydrogens is 282 g/mol. The molecule has 0 saturated carbocycles. The van der Waals surface area contributed by atoms with E-state index in [0.717, 1.165) is 24.3 Å². The molecule has 2 amide bonds. The molecule has 0 rings (SSSR count). The Morgan fingerprint density at radius 2 is 1.05 bits per heavy atom. The molecule has 0 atom stereocenters.